The molecule has 0 bridgehead atoms. The van der Waals surface area contributed by atoms with Crippen LogP contribution in [0.1, 0.15) is 13.3 Å². The van der Waals surface area contributed by atoms with Gasteiger partial charge in [0.25, 0.3) is 0 Å². The van der Waals surface area contributed by atoms with Gasteiger partial charge in [-0.2, -0.15) is 0 Å². The lowest BCUT2D eigenvalue weighted by atomic mass is 10.2. The van der Waals surface area contributed by atoms with Gasteiger partial charge in [-0.25, -0.2) is 0 Å². The van der Waals surface area contributed by atoms with Gasteiger partial charge in [0.05, 0.1) is 12.7 Å². The number of hydrogen-bond acceptors (Lipinski definition) is 3. The normalized spacial score (nSPS) is 12.9. The molecule has 0 rings (SSSR count). The minimum atomic E-state index is -0.417. The Kier molecular flexibility index (Phi) is 7.05. The fourth-order valence-corrected chi connectivity index (χ4v) is 0.792. The van der Waals surface area contributed by atoms with Crippen LogP contribution in [0.2, 0.25) is 0 Å². The van der Waals surface area contributed by atoms with Crippen molar-refractivity contribution in [3.05, 3.63) is 12.2 Å². The van der Waals surface area contributed by atoms with E-state index in [0.717, 1.165) is 18.5 Å². The molecule has 0 aromatic rings. The minimum absolute atomic E-state index is 0.381. The number of hydrogen-bond donors (Lipinski definition) is 2. The van der Waals surface area contributed by atoms with Crippen LogP contribution in [-0.2, 0) is 4.74 Å². The topological polar surface area (TPSA) is 41.5 Å². The van der Waals surface area contributed by atoms with Crippen molar-refractivity contribution in [2.75, 3.05) is 26.8 Å². The van der Waals surface area contributed by atoms with Crippen LogP contribution >= 0.6 is 0 Å². The zero-order valence-electron chi connectivity index (χ0n) is 7.97. The van der Waals surface area contributed by atoms with Gasteiger partial charge in [-0.05, 0) is 6.42 Å². The van der Waals surface area contributed by atoms with Crippen LogP contribution in [0.3, 0.4) is 0 Å². The van der Waals surface area contributed by atoms with Crippen LogP contribution in [0.25, 0.3) is 0 Å². The average molecular weight is 173 g/mol. The van der Waals surface area contributed by atoms with Crippen LogP contribution < -0.4 is 5.32 Å². The highest BCUT2D eigenvalue weighted by Gasteiger charge is 2.01. The minimum Gasteiger partial charge on any atom is -0.389 e. The van der Waals surface area contributed by atoms with E-state index in [1.807, 2.05) is 0 Å². The monoisotopic (exact) mass is 173 g/mol. The SMILES string of the molecule is C=C(CC)CNCC(O)COC. The molecule has 0 spiro atoms. The molecule has 2 N–H and O–H groups in total. The highest BCUT2D eigenvalue weighted by Crippen LogP contribution is 1.92. The van der Waals surface area contributed by atoms with E-state index >= 15 is 0 Å². The Balaban J connectivity index is 3.24. The summed E-state index contributed by atoms with van der Waals surface area (Å²) in [5.41, 5.74) is 1.15. The third-order valence-corrected chi connectivity index (χ3v) is 1.61. The largest absolute Gasteiger partial charge is 0.389 e. The van der Waals surface area contributed by atoms with Gasteiger partial charge < -0.3 is 15.2 Å². The lowest BCUT2D eigenvalue weighted by Gasteiger charge is -2.10. The first-order valence-corrected chi connectivity index (χ1v) is 4.25. The molecule has 1 unspecified atom stereocenters. The standard InChI is InChI=1S/C9H19NO2/c1-4-8(2)5-10-6-9(11)7-12-3/h9-11H,2,4-7H2,1,3H3. The van der Waals surface area contributed by atoms with E-state index in [2.05, 4.69) is 18.8 Å². The summed E-state index contributed by atoms with van der Waals surface area (Å²) in [6.45, 7) is 7.62. The first-order chi connectivity index (χ1) is 5.70. The molecule has 0 aromatic carbocycles. The smallest absolute Gasteiger partial charge is 0.0897 e. The zero-order chi connectivity index (χ0) is 9.40. The quantitative estimate of drug-likeness (QED) is 0.552. The lowest BCUT2D eigenvalue weighted by Crippen LogP contribution is -2.31. The average Bonchev–Trinajstić information content (AvgIpc) is 2.04. The third kappa shape index (κ3) is 6.34. The molecule has 72 valence electrons. The number of rotatable bonds is 7. The molecule has 0 saturated heterocycles. The predicted octanol–water partition coefficient (Wildman–Crippen LogP) is 0.549. The van der Waals surface area contributed by atoms with Crippen molar-refractivity contribution < 1.29 is 9.84 Å². The second-order valence-corrected chi connectivity index (χ2v) is 2.84. The van der Waals surface area contributed by atoms with Crippen LogP contribution in [-0.4, -0.2) is 38.0 Å². The maximum absolute atomic E-state index is 9.22. The lowest BCUT2D eigenvalue weighted by molar-refractivity contribution is 0.0651. The van der Waals surface area contributed by atoms with Gasteiger partial charge in [-0.15, -0.1) is 0 Å². The Morgan fingerprint density at radius 2 is 2.33 bits per heavy atom. The highest BCUT2D eigenvalue weighted by molar-refractivity contribution is 4.94. The Labute approximate surface area is 74.4 Å². The van der Waals surface area contributed by atoms with Crippen molar-refractivity contribution in [1.29, 1.82) is 0 Å². The van der Waals surface area contributed by atoms with Gasteiger partial charge in [0, 0.05) is 20.2 Å². The Hall–Kier alpha value is -0.380. The van der Waals surface area contributed by atoms with Gasteiger partial charge in [0.1, 0.15) is 0 Å². The Morgan fingerprint density at radius 1 is 1.67 bits per heavy atom. The van der Waals surface area contributed by atoms with Crippen LogP contribution in [0.4, 0.5) is 0 Å². The van der Waals surface area contributed by atoms with Gasteiger partial charge in [-0.3, -0.25) is 0 Å². The summed E-state index contributed by atoms with van der Waals surface area (Å²) in [5, 5.41) is 12.3. The van der Waals surface area contributed by atoms with E-state index in [0.29, 0.717) is 13.2 Å². The summed E-state index contributed by atoms with van der Waals surface area (Å²) in [6.07, 6.45) is 0.563. The maximum Gasteiger partial charge on any atom is 0.0897 e. The Bertz CT molecular complexity index is 126. The number of ether oxygens (including phenoxy) is 1. The molecule has 3 nitrogen and oxygen atoms in total. The molecule has 12 heavy (non-hydrogen) atoms. The summed E-state index contributed by atoms with van der Waals surface area (Å²) >= 11 is 0. The van der Waals surface area contributed by atoms with Gasteiger partial charge in [0.2, 0.25) is 0 Å². The van der Waals surface area contributed by atoms with Crippen molar-refractivity contribution in [3.8, 4) is 0 Å². The molecule has 0 aliphatic heterocycles. The van der Waals surface area contributed by atoms with Crippen LogP contribution in [0.5, 0.6) is 0 Å². The summed E-state index contributed by atoms with van der Waals surface area (Å²) < 4.78 is 4.78. The second kappa shape index (κ2) is 7.28. The number of aliphatic hydroxyl groups is 1. The Morgan fingerprint density at radius 3 is 2.83 bits per heavy atom. The second-order valence-electron chi connectivity index (χ2n) is 2.84. The molecule has 0 saturated carbocycles. The summed E-state index contributed by atoms with van der Waals surface area (Å²) in [7, 11) is 1.58. The van der Waals surface area contributed by atoms with Crippen molar-refractivity contribution in [1.82, 2.24) is 5.32 Å². The number of nitrogens with one attached hydrogen (secondary N) is 1. The highest BCUT2D eigenvalue weighted by atomic mass is 16.5. The van der Waals surface area contributed by atoms with E-state index in [4.69, 9.17) is 4.74 Å². The van der Waals surface area contributed by atoms with Gasteiger partial charge in [-0.1, -0.05) is 19.1 Å². The molecule has 0 amide bonds. The molecular weight excluding hydrogens is 154 g/mol. The number of aliphatic hydroxyl groups excluding tert-OH is 1. The molecule has 0 aliphatic carbocycles. The van der Waals surface area contributed by atoms with Crippen LogP contribution in [0, 0.1) is 0 Å². The molecular formula is C9H19NO2. The molecule has 0 fully saturated rings. The summed E-state index contributed by atoms with van der Waals surface area (Å²) in [5.74, 6) is 0. The van der Waals surface area contributed by atoms with E-state index in [1.165, 1.54) is 0 Å². The van der Waals surface area contributed by atoms with E-state index < -0.39 is 6.10 Å². The molecule has 0 aliphatic rings. The van der Waals surface area contributed by atoms with Crippen molar-refractivity contribution >= 4 is 0 Å². The van der Waals surface area contributed by atoms with Crippen LogP contribution in [0.15, 0.2) is 12.2 Å². The van der Waals surface area contributed by atoms with Gasteiger partial charge in [0.15, 0.2) is 0 Å². The van der Waals surface area contributed by atoms with Crippen molar-refractivity contribution in [2.24, 2.45) is 0 Å². The molecule has 3 heteroatoms. The fraction of sp³-hybridized carbons (Fsp3) is 0.778. The molecule has 0 heterocycles. The zero-order valence-corrected chi connectivity index (χ0v) is 7.97. The van der Waals surface area contributed by atoms with E-state index in [1.54, 1.807) is 7.11 Å². The third-order valence-electron chi connectivity index (χ3n) is 1.61. The van der Waals surface area contributed by atoms with Crippen molar-refractivity contribution in [3.63, 3.8) is 0 Å². The molecule has 1 atom stereocenters. The van der Waals surface area contributed by atoms with Gasteiger partial charge >= 0.3 is 0 Å². The summed E-state index contributed by atoms with van der Waals surface area (Å²) in [4.78, 5) is 0. The van der Waals surface area contributed by atoms with E-state index in [9.17, 15) is 5.11 Å². The first-order valence-electron chi connectivity index (χ1n) is 4.25. The first kappa shape index (κ1) is 11.6. The summed E-state index contributed by atoms with van der Waals surface area (Å²) in [6, 6.07) is 0. The molecule has 0 aromatic heterocycles. The van der Waals surface area contributed by atoms with E-state index in [-0.39, 0.29) is 0 Å². The fourth-order valence-electron chi connectivity index (χ4n) is 0.792. The maximum atomic E-state index is 9.22. The van der Waals surface area contributed by atoms with Crippen molar-refractivity contribution in [2.45, 2.75) is 19.4 Å². The predicted molar refractivity (Wildman–Crippen MR) is 50.2 cm³/mol. The number of methoxy groups -OCH3 is 1. The molecule has 0 radical (unpaired) electrons.